The maximum absolute atomic E-state index is 11.9. The van der Waals surface area contributed by atoms with E-state index < -0.39 is 0 Å². The van der Waals surface area contributed by atoms with Gasteiger partial charge in [-0.2, -0.15) is 0 Å². The highest BCUT2D eigenvalue weighted by molar-refractivity contribution is 6.35. The van der Waals surface area contributed by atoms with Crippen molar-refractivity contribution in [2.24, 2.45) is 0 Å². The lowest BCUT2D eigenvalue weighted by Crippen LogP contribution is -2.28. The Morgan fingerprint density at radius 2 is 2.04 bits per heavy atom. The summed E-state index contributed by atoms with van der Waals surface area (Å²) in [5, 5.41) is 4.14. The van der Waals surface area contributed by atoms with E-state index in [0.717, 1.165) is 5.65 Å². The number of carbonyl (C=O) groups is 1. The van der Waals surface area contributed by atoms with Gasteiger partial charge in [-0.25, -0.2) is 4.98 Å². The number of aromatic nitrogens is 2. The molecule has 2 heterocycles. The van der Waals surface area contributed by atoms with E-state index in [1.54, 1.807) is 34.9 Å². The Balaban J connectivity index is 1.56. The Kier molecular flexibility index (Phi) is 5.14. The summed E-state index contributed by atoms with van der Waals surface area (Å²) in [5.41, 5.74) is 1.41. The van der Waals surface area contributed by atoms with Crippen LogP contribution in [0.4, 0.5) is 0 Å². The molecule has 0 spiro atoms. The molecule has 3 aromatic rings. The zero-order valence-electron chi connectivity index (χ0n) is 12.3. The summed E-state index contributed by atoms with van der Waals surface area (Å²) in [6.07, 6.45) is 1.77. The van der Waals surface area contributed by atoms with Crippen molar-refractivity contribution in [2.75, 3.05) is 6.61 Å². The van der Waals surface area contributed by atoms with Gasteiger partial charge in [0.1, 0.15) is 16.5 Å². The van der Waals surface area contributed by atoms with E-state index in [2.05, 4.69) is 10.3 Å². The lowest BCUT2D eigenvalue weighted by molar-refractivity contribution is -0.123. The first-order valence-electron chi connectivity index (χ1n) is 7.00. The minimum absolute atomic E-state index is 0.157. The number of fused-ring (bicyclic) bond motifs is 1. The molecule has 1 N–H and O–H groups in total. The first-order valence-corrected chi connectivity index (χ1v) is 8.13. The van der Waals surface area contributed by atoms with E-state index in [1.807, 2.05) is 12.1 Å². The first-order chi connectivity index (χ1) is 11.5. The molecule has 0 aliphatic rings. The molecule has 0 aliphatic heterocycles. The molecule has 0 fully saturated rings. The van der Waals surface area contributed by atoms with Crippen molar-refractivity contribution in [1.29, 1.82) is 0 Å². The second-order valence-electron chi connectivity index (χ2n) is 4.95. The summed E-state index contributed by atoms with van der Waals surface area (Å²) in [4.78, 5) is 16.3. The molecule has 1 amide bonds. The van der Waals surface area contributed by atoms with Crippen LogP contribution in [0.1, 0.15) is 5.69 Å². The van der Waals surface area contributed by atoms with Gasteiger partial charge in [0.05, 0.1) is 17.3 Å². The smallest absolute Gasteiger partial charge is 0.258 e. The normalized spacial score (nSPS) is 10.8. The quantitative estimate of drug-likeness (QED) is 0.677. The van der Waals surface area contributed by atoms with Crippen molar-refractivity contribution in [3.63, 3.8) is 0 Å². The number of imidazole rings is 1. The van der Waals surface area contributed by atoms with E-state index in [4.69, 9.17) is 39.5 Å². The molecular weight excluding hydrogens is 373 g/mol. The van der Waals surface area contributed by atoms with E-state index in [9.17, 15) is 4.79 Å². The Morgan fingerprint density at radius 3 is 2.79 bits per heavy atom. The number of halogens is 3. The molecule has 2 aromatic heterocycles. The Bertz CT molecular complexity index is 895. The highest BCUT2D eigenvalue weighted by atomic mass is 35.5. The summed E-state index contributed by atoms with van der Waals surface area (Å²) in [6.45, 7) is 0.115. The zero-order chi connectivity index (χ0) is 17.1. The van der Waals surface area contributed by atoms with Crippen LogP contribution in [-0.2, 0) is 11.3 Å². The lowest BCUT2D eigenvalue weighted by Gasteiger charge is -2.08. The zero-order valence-corrected chi connectivity index (χ0v) is 14.6. The standard InChI is InChI=1S/C16H12Cl3N3O2/c17-10-4-5-13(12(18)6-10)24-9-16(23)20-7-11-8-22-14(19)2-1-3-15(22)21-11/h1-6,8H,7,9H2,(H,20,23). The predicted octanol–water partition coefficient (Wildman–Crippen LogP) is 3.99. The Morgan fingerprint density at radius 1 is 1.21 bits per heavy atom. The van der Waals surface area contributed by atoms with Gasteiger partial charge < -0.3 is 10.1 Å². The molecule has 0 aliphatic carbocycles. The first kappa shape index (κ1) is 16.9. The minimum Gasteiger partial charge on any atom is -0.482 e. The molecule has 0 radical (unpaired) electrons. The van der Waals surface area contributed by atoms with E-state index in [-0.39, 0.29) is 19.1 Å². The van der Waals surface area contributed by atoms with Crippen LogP contribution in [0.25, 0.3) is 5.65 Å². The minimum atomic E-state index is -0.288. The van der Waals surface area contributed by atoms with Gasteiger partial charge in [0.15, 0.2) is 6.61 Å². The highest BCUT2D eigenvalue weighted by Gasteiger charge is 2.08. The third-order valence-electron chi connectivity index (χ3n) is 3.21. The second-order valence-corrected chi connectivity index (χ2v) is 6.18. The monoisotopic (exact) mass is 383 g/mol. The summed E-state index contributed by atoms with van der Waals surface area (Å²) in [6, 6.07) is 10.2. The Labute approximate surface area is 153 Å². The second kappa shape index (κ2) is 7.30. The molecule has 0 saturated carbocycles. The van der Waals surface area contributed by atoms with Crippen LogP contribution < -0.4 is 10.1 Å². The largest absolute Gasteiger partial charge is 0.482 e. The van der Waals surface area contributed by atoms with E-state index in [0.29, 0.717) is 26.6 Å². The number of nitrogens with zero attached hydrogens (tertiary/aromatic N) is 2. The van der Waals surface area contributed by atoms with Gasteiger partial charge in [-0.05, 0) is 30.3 Å². The molecule has 0 atom stereocenters. The molecule has 0 bridgehead atoms. The predicted molar refractivity (Wildman–Crippen MR) is 94.0 cm³/mol. The van der Waals surface area contributed by atoms with E-state index in [1.165, 1.54) is 0 Å². The van der Waals surface area contributed by atoms with E-state index >= 15 is 0 Å². The van der Waals surface area contributed by atoms with Crippen LogP contribution in [-0.4, -0.2) is 21.9 Å². The van der Waals surface area contributed by atoms with Crippen molar-refractivity contribution < 1.29 is 9.53 Å². The van der Waals surface area contributed by atoms with Gasteiger partial charge in [0.2, 0.25) is 0 Å². The maximum atomic E-state index is 11.9. The number of pyridine rings is 1. The molecule has 0 saturated heterocycles. The molecule has 0 unspecified atom stereocenters. The fraction of sp³-hybridized carbons (Fsp3) is 0.125. The van der Waals surface area contributed by atoms with Gasteiger partial charge in [0.25, 0.3) is 5.91 Å². The Hall–Kier alpha value is -1.95. The van der Waals surface area contributed by atoms with Crippen molar-refractivity contribution in [1.82, 2.24) is 14.7 Å². The highest BCUT2D eigenvalue weighted by Crippen LogP contribution is 2.27. The van der Waals surface area contributed by atoms with Gasteiger partial charge >= 0.3 is 0 Å². The topological polar surface area (TPSA) is 55.6 Å². The number of carbonyl (C=O) groups excluding carboxylic acids is 1. The van der Waals surface area contributed by atoms with Gasteiger partial charge in [-0.1, -0.05) is 40.9 Å². The van der Waals surface area contributed by atoms with Crippen LogP contribution in [0.2, 0.25) is 15.2 Å². The number of ether oxygens (including phenoxy) is 1. The van der Waals surface area contributed by atoms with Gasteiger partial charge in [0, 0.05) is 11.2 Å². The van der Waals surface area contributed by atoms with Crippen LogP contribution in [0.15, 0.2) is 42.6 Å². The number of hydrogen-bond acceptors (Lipinski definition) is 3. The van der Waals surface area contributed by atoms with Crippen LogP contribution >= 0.6 is 34.8 Å². The fourth-order valence-corrected chi connectivity index (χ4v) is 2.76. The molecule has 124 valence electrons. The van der Waals surface area contributed by atoms with Crippen molar-refractivity contribution >= 4 is 46.4 Å². The average molecular weight is 385 g/mol. The van der Waals surface area contributed by atoms with Crippen LogP contribution in [0.5, 0.6) is 5.75 Å². The third kappa shape index (κ3) is 3.93. The fourth-order valence-electron chi connectivity index (χ4n) is 2.09. The van der Waals surface area contributed by atoms with Gasteiger partial charge in [-0.3, -0.25) is 9.20 Å². The number of hydrogen-bond donors (Lipinski definition) is 1. The van der Waals surface area contributed by atoms with Crippen LogP contribution in [0, 0.1) is 0 Å². The molecular formula is C16H12Cl3N3O2. The average Bonchev–Trinajstić information content (AvgIpc) is 2.97. The summed E-state index contributed by atoms with van der Waals surface area (Å²) < 4.78 is 7.11. The number of amides is 1. The lowest BCUT2D eigenvalue weighted by atomic mass is 10.3. The maximum Gasteiger partial charge on any atom is 0.258 e. The van der Waals surface area contributed by atoms with Crippen molar-refractivity contribution in [3.05, 3.63) is 63.5 Å². The number of nitrogens with one attached hydrogen (secondary N) is 1. The molecule has 5 nitrogen and oxygen atoms in total. The SMILES string of the molecule is O=C(COc1ccc(Cl)cc1Cl)NCc1cn2c(Cl)cccc2n1. The third-order valence-corrected chi connectivity index (χ3v) is 4.05. The molecule has 24 heavy (non-hydrogen) atoms. The van der Waals surface area contributed by atoms with Crippen LogP contribution in [0.3, 0.4) is 0 Å². The molecule has 8 heteroatoms. The number of rotatable bonds is 5. The van der Waals surface area contributed by atoms with Crippen molar-refractivity contribution in [3.8, 4) is 5.75 Å². The molecule has 1 aromatic carbocycles. The summed E-state index contributed by atoms with van der Waals surface area (Å²) >= 11 is 17.9. The summed E-state index contributed by atoms with van der Waals surface area (Å²) in [7, 11) is 0. The number of benzene rings is 1. The van der Waals surface area contributed by atoms with Crippen molar-refractivity contribution in [2.45, 2.75) is 6.54 Å². The summed E-state index contributed by atoms with van der Waals surface area (Å²) in [5.74, 6) is 0.111. The molecule has 3 rings (SSSR count). The van der Waals surface area contributed by atoms with Gasteiger partial charge in [-0.15, -0.1) is 0 Å².